The molecule has 0 fully saturated rings. The summed E-state index contributed by atoms with van der Waals surface area (Å²) < 4.78 is 1.52. The molecule has 3 rings (SSSR count). The van der Waals surface area contributed by atoms with Crippen molar-refractivity contribution < 1.29 is 0 Å². The molecule has 0 spiro atoms. The first-order valence-corrected chi connectivity index (χ1v) is 6.50. The number of benzene rings is 1. The van der Waals surface area contributed by atoms with Crippen LogP contribution in [0.1, 0.15) is 0 Å². The second kappa shape index (κ2) is 4.26. The smallest absolute Gasteiger partial charge is 0.274 e. The lowest BCUT2D eigenvalue weighted by molar-refractivity contribution is 0.870. The molecule has 0 atom stereocenters. The fourth-order valence-electron chi connectivity index (χ4n) is 1.65. The summed E-state index contributed by atoms with van der Waals surface area (Å²) in [6.07, 6.45) is 1.90. The molecular weight excluding hydrogens is 248 g/mol. The number of nitrogen functional groups attached to an aromatic ring is 1. The van der Waals surface area contributed by atoms with Gasteiger partial charge in [0, 0.05) is 5.56 Å². The Bertz CT molecular complexity index is 693. The van der Waals surface area contributed by atoms with Gasteiger partial charge in [0.25, 0.3) is 5.78 Å². The lowest BCUT2D eigenvalue weighted by Gasteiger charge is -2.03. The van der Waals surface area contributed by atoms with Gasteiger partial charge in [-0.05, 0) is 6.26 Å². The molecule has 0 radical (unpaired) electrons. The molecule has 0 amide bonds. The zero-order valence-corrected chi connectivity index (χ0v) is 10.4. The molecule has 6 nitrogen and oxygen atoms in total. The van der Waals surface area contributed by atoms with Gasteiger partial charge in [0.2, 0.25) is 5.16 Å². The van der Waals surface area contributed by atoms with Crippen LogP contribution < -0.4 is 5.73 Å². The monoisotopic (exact) mass is 258 g/mol. The summed E-state index contributed by atoms with van der Waals surface area (Å²) in [6.45, 7) is 0. The van der Waals surface area contributed by atoms with Gasteiger partial charge >= 0.3 is 0 Å². The highest BCUT2D eigenvalue weighted by atomic mass is 32.2. The Labute approximate surface area is 107 Å². The molecule has 3 aromatic rings. The number of nitrogens with two attached hydrogens (primary N) is 1. The number of hydrogen-bond acceptors (Lipinski definition) is 6. The van der Waals surface area contributed by atoms with Gasteiger partial charge in [0.1, 0.15) is 5.69 Å². The van der Waals surface area contributed by atoms with E-state index >= 15 is 0 Å². The van der Waals surface area contributed by atoms with Crippen LogP contribution in [-0.4, -0.2) is 31.1 Å². The Morgan fingerprint density at radius 2 is 1.94 bits per heavy atom. The van der Waals surface area contributed by atoms with Crippen molar-refractivity contribution in [2.75, 3.05) is 12.0 Å². The third kappa shape index (κ3) is 1.68. The Morgan fingerprint density at radius 1 is 1.17 bits per heavy atom. The molecule has 1 aromatic carbocycles. The summed E-state index contributed by atoms with van der Waals surface area (Å²) in [6, 6.07) is 9.65. The predicted octanol–water partition coefficient (Wildman–Crippen LogP) is 1.49. The number of thioether (sulfide) groups is 1. The van der Waals surface area contributed by atoms with Crippen LogP contribution in [0.15, 0.2) is 35.5 Å². The van der Waals surface area contributed by atoms with Crippen molar-refractivity contribution in [2.45, 2.75) is 5.16 Å². The molecular formula is C11H10N6S. The number of hydrogen-bond donors (Lipinski definition) is 1. The van der Waals surface area contributed by atoms with Gasteiger partial charge in [0.05, 0.1) is 0 Å². The summed E-state index contributed by atoms with van der Waals surface area (Å²) in [5.41, 5.74) is 7.59. The highest BCUT2D eigenvalue weighted by Gasteiger charge is 2.12. The molecule has 0 bridgehead atoms. The molecule has 0 aliphatic heterocycles. The Kier molecular flexibility index (Phi) is 2.60. The first kappa shape index (κ1) is 11.0. The van der Waals surface area contributed by atoms with E-state index in [0.717, 1.165) is 5.56 Å². The maximum Gasteiger partial charge on any atom is 0.274 e. The van der Waals surface area contributed by atoms with Crippen molar-refractivity contribution in [3.63, 3.8) is 0 Å². The van der Waals surface area contributed by atoms with Crippen molar-refractivity contribution in [3.05, 3.63) is 30.3 Å². The van der Waals surface area contributed by atoms with Gasteiger partial charge in [-0.3, -0.25) is 0 Å². The van der Waals surface area contributed by atoms with E-state index < -0.39 is 0 Å². The van der Waals surface area contributed by atoms with Crippen molar-refractivity contribution in [2.24, 2.45) is 0 Å². The molecule has 0 aliphatic rings. The minimum atomic E-state index is 0.413. The number of aromatic nitrogens is 5. The summed E-state index contributed by atoms with van der Waals surface area (Å²) in [5.74, 6) is 0.857. The average molecular weight is 258 g/mol. The third-order valence-corrected chi connectivity index (χ3v) is 3.05. The van der Waals surface area contributed by atoms with Gasteiger partial charge in [-0.15, -0.1) is 15.3 Å². The van der Waals surface area contributed by atoms with Crippen LogP contribution in [0.3, 0.4) is 0 Å². The van der Waals surface area contributed by atoms with Gasteiger partial charge in [-0.1, -0.05) is 42.1 Å². The summed E-state index contributed by atoms with van der Waals surface area (Å²) >= 11 is 1.44. The van der Waals surface area contributed by atoms with Crippen molar-refractivity contribution in [1.82, 2.24) is 24.8 Å². The van der Waals surface area contributed by atoms with Crippen LogP contribution in [0.2, 0.25) is 0 Å². The van der Waals surface area contributed by atoms with Gasteiger partial charge in [-0.25, -0.2) is 0 Å². The van der Waals surface area contributed by atoms with Crippen LogP contribution in [0.4, 0.5) is 5.82 Å². The molecule has 18 heavy (non-hydrogen) atoms. The Morgan fingerprint density at radius 3 is 2.67 bits per heavy atom. The molecule has 2 N–H and O–H groups in total. The quantitative estimate of drug-likeness (QED) is 0.701. The first-order valence-electron chi connectivity index (χ1n) is 5.28. The van der Waals surface area contributed by atoms with E-state index in [9.17, 15) is 0 Å². The van der Waals surface area contributed by atoms with Gasteiger partial charge in [-0.2, -0.15) is 9.50 Å². The van der Waals surface area contributed by atoms with E-state index in [2.05, 4.69) is 20.3 Å². The molecule has 2 heterocycles. The Balaban J connectivity index is 2.23. The lowest BCUT2D eigenvalue weighted by atomic mass is 10.1. The fourth-order valence-corrected chi connectivity index (χ4v) is 1.98. The van der Waals surface area contributed by atoms with E-state index in [1.165, 1.54) is 16.3 Å². The number of nitrogens with zero attached hydrogens (tertiary/aromatic N) is 5. The van der Waals surface area contributed by atoms with Crippen LogP contribution in [0.5, 0.6) is 0 Å². The molecule has 0 saturated carbocycles. The van der Waals surface area contributed by atoms with Crippen molar-refractivity contribution in [3.8, 4) is 11.3 Å². The summed E-state index contributed by atoms with van der Waals surface area (Å²) in [5, 5.41) is 13.0. The minimum absolute atomic E-state index is 0.413. The third-order valence-electron chi connectivity index (χ3n) is 2.51. The molecule has 0 saturated heterocycles. The number of rotatable bonds is 2. The van der Waals surface area contributed by atoms with E-state index in [1.807, 2.05) is 36.6 Å². The molecule has 2 aromatic heterocycles. The predicted molar refractivity (Wildman–Crippen MR) is 70.2 cm³/mol. The van der Waals surface area contributed by atoms with E-state index in [4.69, 9.17) is 5.73 Å². The van der Waals surface area contributed by atoms with Gasteiger partial charge in [0.15, 0.2) is 5.82 Å². The van der Waals surface area contributed by atoms with Crippen LogP contribution in [-0.2, 0) is 0 Å². The minimum Gasteiger partial charge on any atom is -0.382 e. The zero-order chi connectivity index (χ0) is 12.5. The van der Waals surface area contributed by atoms with E-state index in [1.54, 1.807) is 0 Å². The second-order valence-electron chi connectivity index (χ2n) is 3.61. The normalized spacial score (nSPS) is 10.9. The van der Waals surface area contributed by atoms with Crippen molar-refractivity contribution in [1.29, 1.82) is 0 Å². The van der Waals surface area contributed by atoms with Crippen LogP contribution >= 0.6 is 11.8 Å². The molecule has 0 aliphatic carbocycles. The highest BCUT2D eigenvalue weighted by molar-refractivity contribution is 7.98. The Hall–Kier alpha value is -2.15. The fraction of sp³-hybridized carbons (Fsp3) is 0.0909. The lowest BCUT2D eigenvalue weighted by Crippen LogP contribution is -2.05. The van der Waals surface area contributed by atoms with E-state index in [0.29, 0.717) is 22.4 Å². The summed E-state index contributed by atoms with van der Waals surface area (Å²) in [4.78, 5) is 4.19. The first-order chi connectivity index (χ1) is 8.79. The van der Waals surface area contributed by atoms with E-state index in [-0.39, 0.29) is 0 Å². The topological polar surface area (TPSA) is 82.0 Å². The van der Waals surface area contributed by atoms with Gasteiger partial charge < -0.3 is 5.73 Å². The summed E-state index contributed by atoms with van der Waals surface area (Å²) in [7, 11) is 0. The zero-order valence-electron chi connectivity index (χ0n) is 9.61. The molecule has 7 heteroatoms. The molecule has 0 unspecified atom stereocenters. The average Bonchev–Trinajstić information content (AvgIpc) is 2.84. The van der Waals surface area contributed by atoms with Crippen LogP contribution in [0.25, 0.3) is 17.0 Å². The maximum absolute atomic E-state index is 6.07. The standard InChI is InChI=1S/C11H10N6S/c1-18-11-13-10-15-14-8(9(12)17(10)16-11)7-5-3-2-4-6-7/h2-6H,12H2,1H3. The second-order valence-corrected chi connectivity index (χ2v) is 4.38. The number of fused-ring (bicyclic) bond motifs is 1. The highest BCUT2D eigenvalue weighted by Crippen LogP contribution is 2.23. The van der Waals surface area contributed by atoms with Crippen LogP contribution in [0, 0.1) is 0 Å². The SMILES string of the molecule is CSc1nc2nnc(-c3ccccc3)c(N)n2n1. The van der Waals surface area contributed by atoms with Crippen molar-refractivity contribution >= 4 is 23.4 Å². The maximum atomic E-state index is 6.07. The molecule has 90 valence electrons. The number of anilines is 1. The largest absolute Gasteiger partial charge is 0.382 e.